The quantitative estimate of drug-likeness (QED) is 0.616. The minimum Gasteiger partial charge on any atom is -0.378 e. The molecule has 0 atom stereocenters. The minimum absolute atomic E-state index is 0.0717. The summed E-state index contributed by atoms with van der Waals surface area (Å²) >= 11 is 0. The fourth-order valence-electron chi connectivity index (χ4n) is 2.67. The molecule has 2 aromatic carbocycles. The van der Waals surface area contributed by atoms with E-state index in [2.05, 4.69) is 27.6 Å². The van der Waals surface area contributed by atoms with Crippen molar-refractivity contribution in [3.05, 3.63) is 54.1 Å². The van der Waals surface area contributed by atoms with Gasteiger partial charge in [0.05, 0.1) is 29.5 Å². The maximum Gasteiger partial charge on any atom is 0.238 e. The second kappa shape index (κ2) is 7.86. The molecule has 0 saturated carbocycles. The van der Waals surface area contributed by atoms with E-state index in [0.717, 1.165) is 37.6 Å². The first kappa shape index (κ1) is 18.4. The number of nitrogens with one attached hydrogen (secondary N) is 1. The third-order valence-corrected chi connectivity index (χ3v) is 5.13. The number of rotatable bonds is 5. The molecule has 1 aliphatic rings. The number of hydrogen-bond donors (Lipinski definition) is 2. The van der Waals surface area contributed by atoms with Gasteiger partial charge in [0.1, 0.15) is 0 Å². The highest BCUT2D eigenvalue weighted by Crippen LogP contribution is 2.17. The zero-order chi connectivity index (χ0) is 18.6. The lowest BCUT2D eigenvalue weighted by molar-refractivity contribution is 0.122. The van der Waals surface area contributed by atoms with Crippen LogP contribution in [0.5, 0.6) is 0 Å². The van der Waals surface area contributed by atoms with Crippen LogP contribution in [0.15, 0.2) is 58.5 Å². The summed E-state index contributed by atoms with van der Waals surface area (Å²) in [5.41, 5.74) is 6.62. The first-order chi connectivity index (χ1) is 12.4. The first-order valence-electron chi connectivity index (χ1n) is 8.30. The van der Waals surface area contributed by atoms with E-state index in [-0.39, 0.29) is 4.90 Å². The molecule has 1 heterocycles. The molecule has 3 N–H and O–H groups in total. The van der Waals surface area contributed by atoms with E-state index in [1.165, 1.54) is 17.8 Å². The first-order valence-corrected chi connectivity index (χ1v) is 9.84. The average Bonchev–Trinajstić information content (AvgIpc) is 2.66. The molecule has 1 aliphatic heterocycles. The highest BCUT2D eigenvalue weighted by atomic mass is 32.2. The normalized spacial score (nSPS) is 15.8. The Morgan fingerprint density at radius 2 is 1.69 bits per heavy atom. The van der Waals surface area contributed by atoms with Crippen LogP contribution >= 0.6 is 0 Å². The minimum atomic E-state index is -3.68. The lowest BCUT2D eigenvalue weighted by Gasteiger charge is -2.28. The van der Waals surface area contributed by atoms with Crippen LogP contribution in [0.4, 0.5) is 11.4 Å². The summed E-state index contributed by atoms with van der Waals surface area (Å²) in [5, 5.41) is 9.44. The Morgan fingerprint density at radius 3 is 2.27 bits per heavy atom. The summed E-state index contributed by atoms with van der Waals surface area (Å²) in [4.78, 5) is 2.37. The van der Waals surface area contributed by atoms with Gasteiger partial charge in [-0.25, -0.2) is 13.6 Å². The van der Waals surface area contributed by atoms with Crippen molar-refractivity contribution in [1.29, 1.82) is 0 Å². The van der Waals surface area contributed by atoms with Crippen molar-refractivity contribution in [2.24, 2.45) is 10.2 Å². The lowest BCUT2D eigenvalue weighted by Crippen LogP contribution is -2.36. The molecule has 0 radical (unpaired) electrons. The number of hydrazone groups is 1. The molecule has 2 aromatic rings. The molecule has 0 aliphatic carbocycles. The van der Waals surface area contributed by atoms with Gasteiger partial charge in [-0.3, -0.25) is 5.43 Å². The fourth-order valence-corrected chi connectivity index (χ4v) is 3.18. The van der Waals surface area contributed by atoms with E-state index in [4.69, 9.17) is 9.88 Å². The van der Waals surface area contributed by atoms with Crippen molar-refractivity contribution in [3.8, 4) is 0 Å². The second-order valence-electron chi connectivity index (χ2n) is 6.02. The predicted molar refractivity (Wildman–Crippen MR) is 103 cm³/mol. The third-order valence-electron chi connectivity index (χ3n) is 4.20. The van der Waals surface area contributed by atoms with Gasteiger partial charge in [0.15, 0.2) is 0 Å². The molecular formula is C18H22N4O3S. The Bertz CT molecular complexity index is 872. The van der Waals surface area contributed by atoms with E-state index < -0.39 is 10.0 Å². The zero-order valence-electron chi connectivity index (χ0n) is 14.6. The topological polar surface area (TPSA) is 97.0 Å². The predicted octanol–water partition coefficient (Wildman–Crippen LogP) is 2.01. The van der Waals surface area contributed by atoms with Crippen molar-refractivity contribution < 1.29 is 13.2 Å². The van der Waals surface area contributed by atoms with Gasteiger partial charge in [-0.1, -0.05) is 12.1 Å². The standard InChI is InChI=1S/C18H22N4O3S/c1-14(20-21-16-4-8-18(9-5-16)26(19,23)24)15-2-6-17(7-3-15)22-10-12-25-13-11-22/h2-9,21H,10-13H2,1H3,(H2,19,23,24). The largest absolute Gasteiger partial charge is 0.378 e. The SMILES string of the molecule is CC(=NNc1ccc(S(N)(=O)=O)cc1)c1ccc(N2CCOCC2)cc1. The molecule has 0 unspecified atom stereocenters. The van der Waals surface area contributed by atoms with E-state index in [9.17, 15) is 8.42 Å². The number of anilines is 2. The number of hydrogen-bond acceptors (Lipinski definition) is 6. The van der Waals surface area contributed by atoms with Crippen molar-refractivity contribution in [2.45, 2.75) is 11.8 Å². The van der Waals surface area contributed by atoms with Gasteiger partial charge >= 0.3 is 0 Å². The molecule has 8 heteroatoms. The summed E-state index contributed by atoms with van der Waals surface area (Å²) < 4.78 is 27.9. The summed E-state index contributed by atoms with van der Waals surface area (Å²) in [6.45, 7) is 5.24. The van der Waals surface area contributed by atoms with E-state index in [1.54, 1.807) is 12.1 Å². The Hall–Kier alpha value is -2.42. The van der Waals surface area contributed by atoms with Gasteiger partial charge in [0, 0.05) is 18.8 Å². The molecule has 3 rings (SSSR count). The van der Waals surface area contributed by atoms with Gasteiger partial charge in [-0.05, 0) is 48.9 Å². The Kier molecular flexibility index (Phi) is 5.55. The maximum absolute atomic E-state index is 11.3. The van der Waals surface area contributed by atoms with Crippen LogP contribution in [-0.4, -0.2) is 40.4 Å². The number of nitrogens with two attached hydrogens (primary N) is 1. The summed E-state index contributed by atoms with van der Waals surface area (Å²) in [5.74, 6) is 0. The zero-order valence-corrected chi connectivity index (χ0v) is 15.4. The van der Waals surface area contributed by atoms with E-state index in [1.807, 2.05) is 19.1 Å². The number of ether oxygens (including phenoxy) is 1. The Morgan fingerprint density at radius 1 is 1.08 bits per heavy atom. The molecule has 1 fully saturated rings. The smallest absolute Gasteiger partial charge is 0.238 e. The number of primary sulfonamides is 1. The monoisotopic (exact) mass is 374 g/mol. The van der Waals surface area contributed by atoms with Gasteiger partial charge in [-0.15, -0.1) is 0 Å². The molecule has 26 heavy (non-hydrogen) atoms. The molecule has 0 bridgehead atoms. The van der Waals surface area contributed by atoms with Crippen molar-refractivity contribution in [1.82, 2.24) is 0 Å². The summed E-state index contributed by atoms with van der Waals surface area (Å²) in [6.07, 6.45) is 0. The Labute approximate surface area is 153 Å². The average molecular weight is 374 g/mol. The van der Waals surface area contributed by atoms with Crippen molar-refractivity contribution >= 4 is 27.1 Å². The van der Waals surface area contributed by atoms with E-state index >= 15 is 0 Å². The van der Waals surface area contributed by atoms with Crippen LogP contribution in [0.2, 0.25) is 0 Å². The van der Waals surface area contributed by atoms with Gasteiger partial charge < -0.3 is 9.64 Å². The summed E-state index contributed by atoms with van der Waals surface area (Å²) in [7, 11) is -3.68. The van der Waals surface area contributed by atoms with Crippen molar-refractivity contribution in [2.75, 3.05) is 36.6 Å². The highest BCUT2D eigenvalue weighted by molar-refractivity contribution is 7.89. The molecule has 0 spiro atoms. The number of sulfonamides is 1. The maximum atomic E-state index is 11.3. The number of nitrogens with zero attached hydrogens (tertiary/aromatic N) is 2. The van der Waals surface area contributed by atoms with Crippen LogP contribution in [0.3, 0.4) is 0 Å². The van der Waals surface area contributed by atoms with Gasteiger partial charge in [0.2, 0.25) is 10.0 Å². The van der Waals surface area contributed by atoms with E-state index in [0.29, 0.717) is 5.69 Å². The molecule has 7 nitrogen and oxygen atoms in total. The van der Waals surface area contributed by atoms with Gasteiger partial charge in [0.25, 0.3) is 0 Å². The van der Waals surface area contributed by atoms with Crippen LogP contribution in [-0.2, 0) is 14.8 Å². The van der Waals surface area contributed by atoms with Crippen LogP contribution < -0.4 is 15.5 Å². The van der Waals surface area contributed by atoms with Crippen molar-refractivity contribution in [3.63, 3.8) is 0 Å². The fraction of sp³-hybridized carbons (Fsp3) is 0.278. The van der Waals surface area contributed by atoms with Gasteiger partial charge in [-0.2, -0.15) is 5.10 Å². The molecule has 1 saturated heterocycles. The third kappa shape index (κ3) is 4.60. The number of benzene rings is 2. The number of morpholine rings is 1. The summed E-state index contributed by atoms with van der Waals surface area (Å²) in [6, 6.07) is 14.4. The van der Waals surface area contributed by atoms with Crippen LogP contribution in [0.25, 0.3) is 0 Å². The van der Waals surface area contributed by atoms with Crippen LogP contribution in [0.1, 0.15) is 12.5 Å². The Balaban J connectivity index is 1.65. The molecule has 0 aromatic heterocycles. The van der Waals surface area contributed by atoms with Crippen LogP contribution in [0, 0.1) is 0 Å². The second-order valence-corrected chi connectivity index (χ2v) is 7.59. The molecule has 138 valence electrons. The molecule has 0 amide bonds. The molecular weight excluding hydrogens is 352 g/mol. The highest BCUT2D eigenvalue weighted by Gasteiger charge is 2.11. The lowest BCUT2D eigenvalue weighted by atomic mass is 10.1.